The van der Waals surface area contributed by atoms with Gasteiger partial charge in [0, 0.05) is 13.1 Å². The highest BCUT2D eigenvalue weighted by Gasteiger charge is 2.32. The average Bonchev–Trinajstić information content (AvgIpc) is 3.25. The van der Waals surface area contributed by atoms with Crippen LogP contribution in [0.3, 0.4) is 0 Å². The van der Waals surface area contributed by atoms with E-state index in [1.165, 1.54) is 5.56 Å². The first-order valence-corrected chi connectivity index (χ1v) is 10.3. The molecule has 0 spiro atoms. The van der Waals surface area contributed by atoms with Crippen LogP contribution in [-0.2, 0) is 13.0 Å². The highest BCUT2D eigenvalue weighted by molar-refractivity contribution is 5.95. The molecule has 2 fully saturated rings. The number of likely N-dealkylation sites (tertiary alicyclic amines) is 1. The molecule has 2 aliphatic rings. The standard InChI is InChI=1S/C22H30N4O.ClH/c1-2-6-21-20(15-24-26(21)16-17-7-4-3-5-8-17)22(27)25-11-9-18-13-23-14-19(18)10-12-25;/h3-5,7-8,15,18-19,23H,2,6,9-14,16H2,1H3;1H/t18-,19+;. The maximum atomic E-state index is 13.3. The predicted molar refractivity (Wildman–Crippen MR) is 114 cm³/mol. The van der Waals surface area contributed by atoms with Crippen molar-refractivity contribution in [1.82, 2.24) is 20.0 Å². The van der Waals surface area contributed by atoms with E-state index in [1.807, 2.05) is 22.9 Å². The molecular weight excluding hydrogens is 372 g/mol. The van der Waals surface area contributed by atoms with Crippen molar-refractivity contribution in [1.29, 1.82) is 0 Å². The van der Waals surface area contributed by atoms with Gasteiger partial charge in [-0.05, 0) is 49.8 Å². The molecule has 0 bridgehead atoms. The summed E-state index contributed by atoms with van der Waals surface area (Å²) in [5, 5.41) is 8.09. The van der Waals surface area contributed by atoms with Crippen LogP contribution in [0.15, 0.2) is 36.5 Å². The summed E-state index contributed by atoms with van der Waals surface area (Å²) in [4.78, 5) is 15.4. The van der Waals surface area contributed by atoms with E-state index < -0.39 is 0 Å². The Balaban J connectivity index is 0.00000225. The Kier molecular flexibility index (Phi) is 7.13. The number of rotatable bonds is 5. The van der Waals surface area contributed by atoms with Gasteiger partial charge >= 0.3 is 0 Å². The summed E-state index contributed by atoms with van der Waals surface area (Å²) in [5.41, 5.74) is 3.10. The van der Waals surface area contributed by atoms with Gasteiger partial charge in [0.25, 0.3) is 5.91 Å². The molecule has 0 radical (unpaired) electrons. The van der Waals surface area contributed by atoms with Crippen LogP contribution in [0.4, 0.5) is 0 Å². The molecule has 1 aromatic heterocycles. The smallest absolute Gasteiger partial charge is 0.257 e. The van der Waals surface area contributed by atoms with Gasteiger partial charge in [-0.25, -0.2) is 0 Å². The number of hydrogen-bond acceptors (Lipinski definition) is 3. The molecule has 5 nitrogen and oxygen atoms in total. The van der Waals surface area contributed by atoms with Crippen molar-refractivity contribution < 1.29 is 4.79 Å². The average molecular weight is 403 g/mol. The van der Waals surface area contributed by atoms with Gasteiger partial charge in [-0.3, -0.25) is 9.48 Å². The number of nitrogens with one attached hydrogen (secondary N) is 1. The van der Waals surface area contributed by atoms with Gasteiger partial charge in [0.05, 0.1) is 24.0 Å². The maximum Gasteiger partial charge on any atom is 0.257 e. The number of carbonyl (C=O) groups is 1. The summed E-state index contributed by atoms with van der Waals surface area (Å²) in [5.74, 6) is 1.64. The molecule has 1 amide bonds. The van der Waals surface area contributed by atoms with Gasteiger partial charge < -0.3 is 10.2 Å². The van der Waals surface area contributed by atoms with Crippen LogP contribution in [0.1, 0.15) is 47.8 Å². The highest BCUT2D eigenvalue weighted by atomic mass is 35.5. The lowest BCUT2D eigenvalue weighted by atomic mass is 9.92. The van der Waals surface area contributed by atoms with Crippen molar-refractivity contribution in [3.05, 3.63) is 53.3 Å². The van der Waals surface area contributed by atoms with Crippen LogP contribution in [-0.4, -0.2) is 46.8 Å². The second kappa shape index (κ2) is 9.57. The Morgan fingerprint density at radius 2 is 1.82 bits per heavy atom. The Morgan fingerprint density at radius 3 is 2.46 bits per heavy atom. The van der Waals surface area contributed by atoms with E-state index in [1.54, 1.807) is 6.20 Å². The second-order valence-electron chi connectivity index (χ2n) is 7.95. The minimum atomic E-state index is 0. The number of hydrogen-bond donors (Lipinski definition) is 1. The van der Waals surface area contributed by atoms with Crippen molar-refractivity contribution >= 4 is 18.3 Å². The van der Waals surface area contributed by atoms with Gasteiger partial charge in [-0.2, -0.15) is 5.10 Å². The quantitative estimate of drug-likeness (QED) is 0.834. The lowest BCUT2D eigenvalue weighted by Gasteiger charge is -2.21. The van der Waals surface area contributed by atoms with Gasteiger partial charge in [0.1, 0.15) is 0 Å². The minimum absolute atomic E-state index is 0. The predicted octanol–water partition coefficient (Wildman–Crippen LogP) is 3.38. The molecule has 6 heteroatoms. The zero-order valence-electron chi connectivity index (χ0n) is 16.6. The number of nitrogens with zero attached hydrogens (tertiary/aromatic N) is 3. The molecular formula is C22H31ClN4O. The van der Waals surface area contributed by atoms with Crippen LogP contribution in [0, 0.1) is 11.8 Å². The molecule has 3 heterocycles. The van der Waals surface area contributed by atoms with E-state index >= 15 is 0 Å². The number of benzene rings is 1. The van der Waals surface area contributed by atoms with E-state index in [-0.39, 0.29) is 18.3 Å². The first-order valence-electron chi connectivity index (χ1n) is 10.3. The zero-order valence-corrected chi connectivity index (χ0v) is 17.5. The Morgan fingerprint density at radius 1 is 1.14 bits per heavy atom. The lowest BCUT2D eigenvalue weighted by molar-refractivity contribution is 0.0757. The third-order valence-electron chi connectivity index (χ3n) is 6.15. The molecule has 1 aromatic carbocycles. The van der Waals surface area contributed by atoms with E-state index in [0.717, 1.165) is 81.5 Å². The summed E-state index contributed by atoms with van der Waals surface area (Å²) in [6.45, 7) is 6.85. The first-order chi connectivity index (χ1) is 13.3. The largest absolute Gasteiger partial charge is 0.339 e. The van der Waals surface area contributed by atoms with E-state index in [0.29, 0.717) is 0 Å². The van der Waals surface area contributed by atoms with Crippen molar-refractivity contribution in [3.8, 4) is 0 Å². The number of aromatic nitrogens is 2. The third-order valence-corrected chi connectivity index (χ3v) is 6.15. The molecule has 0 saturated carbocycles. The molecule has 2 atom stereocenters. The van der Waals surface area contributed by atoms with Crippen LogP contribution in [0.25, 0.3) is 0 Å². The lowest BCUT2D eigenvalue weighted by Crippen LogP contribution is -2.33. The van der Waals surface area contributed by atoms with Gasteiger partial charge in [-0.1, -0.05) is 43.7 Å². The maximum absolute atomic E-state index is 13.3. The van der Waals surface area contributed by atoms with Gasteiger partial charge in [-0.15, -0.1) is 12.4 Å². The summed E-state index contributed by atoms with van der Waals surface area (Å²) in [6, 6.07) is 10.3. The first kappa shape index (κ1) is 20.9. The van der Waals surface area contributed by atoms with E-state index in [4.69, 9.17) is 0 Å². The van der Waals surface area contributed by atoms with Gasteiger partial charge in [0.2, 0.25) is 0 Å². The minimum Gasteiger partial charge on any atom is -0.339 e. The van der Waals surface area contributed by atoms with Crippen molar-refractivity contribution in [2.45, 2.75) is 39.2 Å². The topological polar surface area (TPSA) is 50.2 Å². The van der Waals surface area contributed by atoms with Crippen LogP contribution >= 0.6 is 12.4 Å². The summed E-state index contributed by atoms with van der Waals surface area (Å²) >= 11 is 0. The number of amides is 1. The zero-order chi connectivity index (χ0) is 18.6. The molecule has 2 aromatic rings. The number of fused-ring (bicyclic) bond motifs is 1. The number of carbonyl (C=O) groups excluding carboxylic acids is 1. The Bertz CT molecular complexity index is 762. The van der Waals surface area contributed by atoms with E-state index in [9.17, 15) is 4.79 Å². The fraction of sp³-hybridized carbons (Fsp3) is 0.545. The van der Waals surface area contributed by atoms with Crippen molar-refractivity contribution in [2.24, 2.45) is 11.8 Å². The van der Waals surface area contributed by atoms with Crippen LogP contribution in [0.5, 0.6) is 0 Å². The van der Waals surface area contributed by atoms with Crippen molar-refractivity contribution in [3.63, 3.8) is 0 Å². The van der Waals surface area contributed by atoms with E-state index in [2.05, 4.69) is 34.4 Å². The molecule has 0 unspecified atom stereocenters. The van der Waals surface area contributed by atoms with Gasteiger partial charge in [0.15, 0.2) is 0 Å². The molecule has 152 valence electrons. The second-order valence-corrected chi connectivity index (χ2v) is 7.95. The molecule has 28 heavy (non-hydrogen) atoms. The fourth-order valence-electron chi connectivity index (χ4n) is 4.57. The molecule has 4 rings (SSSR count). The molecule has 0 aliphatic carbocycles. The normalized spacial score (nSPS) is 21.7. The number of halogens is 1. The molecule has 1 N–H and O–H groups in total. The summed E-state index contributed by atoms with van der Waals surface area (Å²) < 4.78 is 2.02. The monoisotopic (exact) mass is 402 g/mol. The fourth-order valence-corrected chi connectivity index (χ4v) is 4.57. The Labute approximate surface area is 173 Å². The highest BCUT2D eigenvalue weighted by Crippen LogP contribution is 2.28. The van der Waals surface area contributed by atoms with Crippen molar-refractivity contribution in [2.75, 3.05) is 26.2 Å². The Hall–Kier alpha value is -1.85. The SMILES string of the molecule is CCCc1c(C(=O)N2CC[C@@H]3CNC[C@@H]3CC2)cnn1Cc1ccccc1.Cl. The summed E-state index contributed by atoms with van der Waals surface area (Å²) in [6.07, 6.45) is 5.92. The molecule has 2 aliphatic heterocycles. The summed E-state index contributed by atoms with van der Waals surface area (Å²) in [7, 11) is 0. The molecule has 2 saturated heterocycles. The van der Waals surface area contributed by atoms with Crippen LogP contribution < -0.4 is 5.32 Å². The third kappa shape index (κ3) is 4.41. The van der Waals surface area contributed by atoms with Crippen LogP contribution in [0.2, 0.25) is 0 Å².